The minimum Gasteiger partial charge on any atom is -0.122 e. The van der Waals surface area contributed by atoms with Gasteiger partial charge in [0.15, 0.2) is 0 Å². The fraction of sp³-hybridized carbons (Fsp3) is 0.0476. The standard InChI is InChI=1S/C21H13Cl/c22-12-16-6-5-13-7-10-19-17-4-2-1-3-14(17)11-15-8-9-18(16)20(13)21(15)19/h1-11H,12H2. The predicted molar refractivity (Wildman–Crippen MR) is 97.2 cm³/mol. The van der Waals surface area contributed by atoms with Gasteiger partial charge in [-0.15, -0.1) is 11.6 Å². The molecule has 0 aliphatic carbocycles. The number of hydrogen-bond acceptors (Lipinski definition) is 0. The highest BCUT2D eigenvalue weighted by molar-refractivity contribution is 6.29. The lowest BCUT2D eigenvalue weighted by molar-refractivity contribution is 1.46. The van der Waals surface area contributed by atoms with E-state index in [2.05, 4.69) is 66.7 Å². The molecule has 5 aromatic carbocycles. The van der Waals surface area contributed by atoms with E-state index in [1.807, 2.05) is 0 Å². The molecule has 0 heterocycles. The Kier molecular flexibility index (Phi) is 2.42. The van der Waals surface area contributed by atoms with Crippen molar-refractivity contribution in [3.8, 4) is 0 Å². The highest BCUT2D eigenvalue weighted by Gasteiger charge is 2.12. The molecule has 0 aliphatic heterocycles. The molecule has 0 N–H and O–H groups in total. The number of rotatable bonds is 1. The average Bonchev–Trinajstić information content (AvgIpc) is 2.58. The molecule has 0 aromatic heterocycles. The second-order valence-corrected chi connectivity index (χ2v) is 6.15. The molecule has 22 heavy (non-hydrogen) atoms. The van der Waals surface area contributed by atoms with Gasteiger partial charge in [-0.25, -0.2) is 0 Å². The Bertz CT molecular complexity index is 1150. The average molecular weight is 301 g/mol. The van der Waals surface area contributed by atoms with Crippen molar-refractivity contribution in [3.05, 3.63) is 72.3 Å². The highest BCUT2D eigenvalue weighted by Crippen LogP contribution is 2.39. The van der Waals surface area contributed by atoms with Gasteiger partial charge in [-0.1, -0.05) is 60.7 Å². The number of alkyl halides is 1. The maximum atomic E-state index is 6.14. The summed E-state index contributed by atoms with van der Waals surface area (Å²) in [5, 5.41) is 10.5. The molecule has 0 unspecified atom stereocenters. The van der Waals surface area contributed by atoms with Gasteiger partial charge in [0, 0.05) is 5.88 Å². The van der Waals surface area contributed by atoms with E-state index >= 15 is 0 Å². The first-order valence-corrected chi connectivity index (χ1v) is 8.04. The molecule has 1 heteroatoms. The van der Waals surface area contributed by atoms with Crippen molar-refractivity contribution in [2.24, 2.45) is 0 Å². The molecule has 0 fully saturated rings. The quantitative estimate of drug-likeness (QED) is 0.189. The normalized spacial score (nSPS) is 12.0. The Morgan fingerprint density at radius 3 is 2.23 bits per heavy atom. The van der Waals surface area contributed by atoms with Crippen LogP contribution in [-0.4, -0.2) is 0 Å². The molecule has 0 saturated heterocycles. The number of halogens is 1. The molecule has 0 atom stereocenters. The van der Waals surface area contributed by atoms with Crippen LogP contribution >= 0.6 is 11.6 Å². The third kappa shape index (κ3) is 1.48. The van der Waals surface area contributed by atoms with Crippen LogP contribution in [0.25, 0.3) is 43.1 Å². The van der Waals surface area contributed by atoms with Crippen LogP contribution in [0.15, 0.2) is 66.7 Å². The molecule has 104 valence electrons. The van der Waals surface area contributed by atoms with Crippen LogP contribution in [0.4, 0.5) is 0 Å². The minimum atomic E-state index is 0.551. The Morgan fingerprint density at radius 1 is 0.591 bits per heavy atom. The molecule has 0 amide bonds. The van der Waals surface area contributed by atoms with Crippen LogP contribution in [-0.2, 0) is 5.88 Å². The molecular weight excluding hydrogens is 288 g/mol. The van der Waals surface area contributed by atoms with Crippen LogP contribution in [0.2, 0.25) is 0 Å². The summed E-state index contributed by atoms with van der Waals surface area (Å²) in [5.74, 6) is 0.551. The lowest BCUT2D eigenvalue weighted by Crippen LogP contribution is -1.88. The van der Waals surface area contributed by atoms with Gasteiger partial charge in [0.25, 0.3) is 0 Å². The fourth-order valence-corrected chi connectivity index (χ4v) is 3.97. The van der Waals surface area contributed by atoms with E-state index in [0.717, 1.165) is 0 Å². The zero-order valence-corrected chi connectivity index (χ0v) is 12.7. The number of benzene rings is 5. The molecule has 0 spiro atoms. The Labute approximate surface area is 133 Å². The molecule has 5 rings (SSSR count). The first kappa shape index (κ1) is 12.3. The topological polar surface area (TPSA) is 0 Å². The molecule has 0 aliphatic rings. The summed E-state index contributed by atoms with van der Waals surface area (Å²) in [5.41, 5.74) is 1.21. The zero-order valence-electron chi connectivity index (χ0n) is 11.9. The maximum Gasteiger partial charge on any atom is 0.0480 e. The first-order valence-electron chi connectivity index (χ1n) is 7.51. The van der Waals surface area contributed by atoms with Crippen molar-refractivity contribution < 1.29 is 0 Å². The lowest BCUT2D eigenvalue weighted by atomic mass is 9.90. The van der Waals surface area contributed by atoms with E-state index in [1.54, 1.807) is 0 Å². The molecule has 5 aromatic rings. The lowest BCUT2D eigenvalue weighted by Gasteiger charge is -2.14. The summed E-state index contributed by atoms with van der Waals surface area (Å²) in [6, 6.07) is 24.2. The zero-order chi connectivity index (χ0) is 14.7. The van der Waals surface area contributed by atoms with E-state index in [9.17, 15) is 0 Å². The van der Waals surface area contributed by atoms with Crippen molar-refractivity contribution >= 4 is 54.7 Å². The van der Waals surface area contributed by atoms with E-state index in [-0.39, 0.29) is 0 Å². The van der Waals surface area contributed by atoms with Crippen molar-refractivity contribution in [2.45, 2.75) is 5.88 Å². The van der Waals surface area contributed by atoms with Gasteiger partial charge in [-0.3, -0.25) is 0 Å². The fourth-order valence-electron chi connectivity index (χ4n) is 3.73. The SMILES string of the molecule is ClCc1ccc2ccc3c4ccccc4cc4ccc1c2c43. The summed E-state index contributed by atoms with van der Waals surface area (Å²) in [4.78, 5) is 0. The summed E-state index contributed by atoms with van der Waals surface area (Å²) in [6.07, 6.45) is 0. The monoisotopic (exact) mass is 300 g/mol. The van der Waals surface area contributed by atoms with Gasteiger partial charge < -0.3 is 0 Å². The summed E-state index contributed by atoms with van der Waals surface area (Å²) < 4.78 is 0. The van der Waals surface area contributed by atoms with Crippen molar-refractivity contribution in [2.75, 3.05) is 0 Å². The summed E-state index contributed by atoms with van der Waals surface area (Å²) >= 11 is 6.14. The molecule has 0 saturated carbocycles. The highest BCUT2D eigenvalue weighted by atomic mass is 35.5. The van der Waals surface area contributed by atoms with E-state index in [4.69, 9.17) is 11.6 Å². The summed E-state index contributed by atoms with van der Waals surface area (Å²) in [6.45, 7) is 0. The van der Waals surface area contributed by atoms with Crippen molar-refractivity contribution in [3.63, 3.8) is 0 Å². The van der Waals surface area contributed by atoms with Crippen LogP contribution in [0.5, 0.6) is 0 Å². The van der Waals surface area contributed by atoms with Gasteiger partial charge in [0.05, 0.1) is 0 Å². The van der Waals surface area contributed by atoms with E-state index in [0.29, 0.717) is 5.88 Å². The van der Waals surface area contributed by atoms with Crippen molar-refractivity contribution in [1.29, 1.82) is 0 Å². The van der Waals surface area contributed by atoms with Crippen LogP contribution in [0.1, 0.15) is 5.56 Å². The predicted octanol–water partition coefficient (Wildman–Crippen LogP) is 6.48. The van der Waals surface area contributed by atoms with Gasteiger partial charge in [-0.05, 0) is 54.7 Å². The van der Waals surface area contributed by atoms with E-state index < -0.39 is 0 Å². The largest absolute Gasteiger partial charge is 0.122 e. The summed E-state index contributed by atoms with van der Waals surface area (Å²) in [7, 11) is 0. The Balaban J connectivity index is 2.16. The van der Waals surface area contributed by atoms with Crippen LogP contribution in [0.3, 0.4) is 0 Å². The third-order valence-electron chi connectivity index (χ3n) is 4.74. The minimum absolute atomic E-state index is 0.551. The second kappa shape index (κ2) is 4.34. The van der Waals surface area contributed by atoms with Crippen LogP contribution < -0.4 is 0 Å². The Hall–Kier alpha value is -2.31. The van der Waals surface area contributed by atoms with Gasteiger partial charge in [0.2, 0.25) is 0 Å². The molecule has 0 bridgehead atoms. The molecule has 0 radical (unpaired) electrons. The first-order chi connectivity index (χ1) is 10.9. The smallest absolute Gasteiger partial charge is 0.0480 e. The Morgan fingerprint density at radius 2 is 1.32 bits per heavy atom. The second-order valence-electron chi connectivity index (χ2n) is 5.88. The molecule has 0 nitrogen and oxygen atoms in total. The van der Waals surface area contributed by atoms with Crippen LogP contribution in [0, 0.1) is 0 Å². The molecular formula is C21H13Cl. The number of fused-ring (bicyclic) bond motifs is 2. The number of hydrogen-bond donors (Lipinski definition) is 0. The maximum absolute atomic E-state index is 6.14. The van der Waals surface area contributed by atoms with Crippen molar-refractivity contribution in [1.82, 2.24) is 0 Å². The van der Waals surface area contributed by atoms with Gasteiger partial charge in [-0.2, -0.15) is 0 Å². The van der Waals surface area contributed by atoms with Gasteiger partial charge >= 0.3 is 0 Å². The van der Waals surface area contributed by atoms with E-state index in [1.165, 1.54) is 48.7 Å². The van der Waals surface area contributed by atoms with Gasteiger partial charge in [0.1, 0.15) is 0 Å². The third-order valence-corrected chi connectivity index (χ3v) is 5.03.